The summed E-state index contributed by atoms with van der Waals surface area (Å²) >= 11 is 1.95. The number of carbonyl (C=O) groups is 2. The van der Waals surface area contributed by atoms with Crippen molar-refractivity contribution in [3.8, 4) is 0 Å². The maximum atomic E-state index is 10.6. The quantitative estimate of drug-likeness (QED) is 0.422. The lowest BCUT2D eigenvalue weighted by Crippen LogP contribution is -2.09. The molecule has 25 heavy (non-hydrogen) atoms. The van der Waals surface area contributed by atoms with E-state index in [1.165, 1.54) is 61.1 Å². The van der Waals surface area contributed by atoms with E-state index in [0.29, 0.717) is 12.8 Å². The Labute approximate surface area is 156 Å². The highest BCUT2D eigenvalue weighted by Gasteiger charge is 2.02. The van der Waals surface area contributed by atoms with E-state index in [1.807, 2.05) is 11.3 Å². The van der Waals surface area contributed by atoms with Crippen molar-refractivity contribution in [2.75, 3.05) is 0 Å². The number of thiophene rings is 1. The average Bonchev–Trinajstić information content (AvgIpc) is 3.00. The van der Waals surface area contributed by atoms with Crippen LogP contribution in [-0.4, -0.2) is 11.8 Å². The summed E-state index contributed by atoms with van der Waals surface area (Å²) in [5.41, 5.74) is 10.3. The molecule has 1 aromatic heterocycles. The van der Waals surface area contributed by atoms with Crippen molar-refractivity contribution < 1.29 is 9.59 Å². The van der Waals surface area contributed by atoms with Gasteiger partial charge in [-0.1, -0.05) is 38.5 Å². The molecule has 0 unspecified atom stereocenters. The van der Waals surface area contributed by atoms with Gasteiger partial charge in [0.1, 0.15) is 0 Å². The highest BCUT2D eigenvalue weighted by molar-refractivity contribution is 7.11. The summed E-state index contributed by atoms with van der Waals surface area (Å²) < 4.78 is 0. The summed E-state index contributed by atoms with van der Waals surface area (Å²) in [4.78, 5) is 24.3. The lowest BCUT2D eigenvalue weighted by molar-refractivity contribution is -0.119. The van der Waals surface area contributed by atoms with Gasteiger partial charge in [0, 0.05) is 22.6 Å². The summed E-state index contributed by atoms with van der Waals surface area (Å²) in [7, 11) is 0. The van der Waals surface area contributed by atoms with Gasteiger partial charge in [0.15, 0.2) is 0 Å². The molecular weight excluding hydrogens is 332 g/mol. The summed E-state index contributed by atoms with van der Waals surface area (Å²) in [5.74, 6) is -0.367. The average molecular weight is 367 g/mol. The predicted molar refractivity (Wildman–Crippen MR) is 106 cm³/mol. The van der Waals surface area contributed by atoms with Crippen LogP contribution < -0.4 is 11.5 Å². The second kappa shape index (κ2) is 13.9. The van der Waals surface area contributed by atoms with Gasteiger partial charge >= 0.3 is 0 Å². The van der Waals surface area contributed by atoms with Gasteiger partial charge in [0.05, 0.1) is 0 Å². The molecule has 0 spiro atoms. The van der Waals surface area contributed by atoms with Crippen molar-refractivity contribution in [3.63, 3.8) is 0 Å². The van der Waals surface area contributed by atoms with Gasteiger partial charge in [-0.2, -0.15) is 0 Å². The van der Waals surface area contributed by atoms with Crippen LogP contribution in [0, 0.1) is 0 Å². The Morgan fingerprint density at radius 2 is 1.00 bits per heavy atom. The fraction of sp³-hybridized carbons (Fsp3) is 0.700. The monoisotopic (exact) mass is 366 g/mol. The number of hydrogen-bond donors (Lipinski definition) is 2. The Hall–Kier alpha value is -1.36. The van der Waals surface area contributed by atoms with Gasteiger partial charge in [-0.3, -0.25) is 9.59 Å². The molecule has 0 saturated heterocycles. The number of hydrogen-bond acceptors (Lipinski definition) is 3. The maximum absolute atomic E-state index is 10.6. The van der Waals surface area contributed by atoms with E-state index in [2.05, 4.69) is 12.1 Å². The van der Waals surface area contributed by atoms with Crippen molar-refractivity contribution in [2.45, 2.75) is 89.9 Å². The van der Waals surface area contributed by atoms with Crippen molar-refractivity contribution in [2.24, 2.45) is 11.5 Å². The molecule has 0 atom stereocenters. The Morgan fingerprint density at radius 3 is 1.40 bits per heavy atom. The first-order valence-corrected chi connectivity index (χ1v) is 10.5. The van der Waals surface area contributed by atoms with Crippen LogP contribution in [0.3, 0.4) is 0 Å². The first-order chi connectivity index (χ1) is 12.1. The van der Waals surface area contributed by atoms with Crippen molar-refractivity contribution in [1.29, 1.82) is 0 Å². The molecule has 0 radical (unpaired) electrons. The van der Waals surface area contributed by atoms with Crippen LogP contribution in [0.25, 0.3) is 0 Å². The Balaban J connectivity index is 1.98. The molecule has 0 saturated carbocycles. The van der Waals surface area contributed by atoms with Gasteiger partial charge in [0.2, 0.25) is 11.8 Å². The van der Waals surface area contributed by atoms with Gasteiger partial charge in [-0.25, -0.2) is 0 Å². The maximum Gasteiger partial charge on any atom is 0.217 e. The molecule has 5 heteroatoms. The van der Waals surface area contributed by atoms with E-state index in [4.69, 9.17) is 11.5 Å². The molecule has 0 aromatic carbocycles. The minimum Gasteiger partial charge on any atom is -0.370 e. The van der Waals surface area contributed by atoms with Crippen LogP contribution in [0.2, 0.25) is 0 Å². The molecule has 0 fully saturated rings. The third-order valence-electron chi connectivity index (χ3n) is 4.41. The number of aryl methyl sites for hydroxylation is 2. The van der Waals surface area contributed by atoms with Gasteiger partial charge in [0.25, 0.3) is 0 Å². The number of amides is 2. The van der Waals surface area contributed by atoms with E-state index in [-0.39, 0.29) is 11.8 Å². The van der Waals surface area contributed by atoms with Crippen molar-refractivity contribution in [1.82, 2.24) is 0 Å². The third kappa shape index (κ3) is 12.6. The minimum absolute atomic E-state index is 0.184. The van der Waals surface area contributed by atoms with Crippen LogP contribution in [-0.2, 0) is 22.4 Å². The van der Waals surface area contributed by atoms with Gasteiger partial charge < -0.3 is 11.5 Å². The molecule has 1 heterocycles. The number of rotatable bonds is 16. The molecule has 1 aromatic rings. The van der Waals surface area contributed by atoms with Crippen LogP contribution in [0.4, 0.5) is 0 Å². The fourth-order valence-electron chi connectivity index (χ4n) is 2.95. The summed E-state index contributed by atoms with van der Waals surface area (Å²) in [6, 6.07) is 4.56. The SMILES string of the molecule is NC(=O)CCCCCCCc1ccc(CCCCCCCC(N)=O)s1. The first kappa shape index (κ1) is 21.7. The minimum atomic E-state index is -0.184. The lowest BCUT2D eigenvalue weighted by Gasteiger charge is -2.01. The third-order valence-corrected chi connectivity index (χ3v) is 5.61. The molecule has 1 rings (SSSR count). The number of unbranched alkanes of at least 4 members (excludes halogenated alkanes) is 8. The van der Waals surface area contributed by atoms with E-state index in [1.54, 1.807) is 0 Å². The highest BCUT2D eigenvalue weighted by Crippen LogP contribution is 2.21. The zero-order valence-corrected chi connectivity index (χ0v) is 16.3. The lowest BCUT2D eigenvalue weighted by atomic mass is 10.1. The van der Waals surface area contributed by atoms with Gasteiger partial charge in [-0.15, -0.1) is 11.3 Å². The van der Waals surface area contributed by atoms with Crippen molar-refractivity contribution >= 4 is 23.2 Å². The topological polar surface area (TPSA) is 86.2 Å². The molecular formula is C20H34N2O2S. The van der Waals surface area contributed by atoms with E-state index >= 15 is 0 Å². The normalized spacial score (nSPS) is 10.9. The smallest absolute Gasteiger partial charge is 0.217 e. The number of primary amides is 2. The number of carbonyl (C=O) groups excluding carboxylic acids is 2. The summed E-state index contributed by atoms with van der Waals surface area (Å²) in [6.07, 6.45) is 14.8. The van der Waals surface area contributed by atoms with E-state index < -0.39 is 0 Å². The highest BCUT2D eigenvalue weighted by atomic mass is 32.1. The zero-order chi connectivity index (χ0) is 18.3. The first-order valence-electron chi connectivity index (χ1n) is 9.72. The molecule has 0 bridgehead atoms. The molecule has 142 valence electrons. The second-order valence-corrected chi connectivity index (χ2v) is 8.09. The number of nitrogens with two attached hydrogens (primary N) is 2. The Bertz CT molecular complexity index is 457. The van der Waals surface area contributed by atoms with Crippen LogP contribution in [0.15, 0.2) is 12.1 Å². The summed E-state index contributed by atoms with van der Waals surface area (Å²) in [6.45, 7) is 0. The Morgan fingerprint density at radius 1 is 0.640 bits per heavy atom. The standard InChI is InChI=1S/C20H34N2O2S/c21-19(23)13-9-5-1-3-7-11-17-15-16-18(25-17)12-8-4-2-6-10-14-20(22)24/h15-16H,1-14H2,(H2,21,23)(H2,22,24). The largest absolute Gasteiger partial charge is 0.370 e. The molecule has 0 aliphatic carbocycles. The van der Waals surface area contributed by atoms with Crippen LogP contribution in [0.1, 0.15) is 86.8 Å². The van der Waals surface area contributed by atoms with E-state index in [0.717, 1.165) is 25.7 Å². The molecule has 0 aliphatic rings. The summed E-state index contributed by atoms with van der Waals surface area (Å²) in [5, 5.41) is 0. The zero-order valence-electron chi connectivity index (χ0n) is 15.4. The molecule has 0 aliphatic heterocycles. The van der Waals surface area contributed by atoms with Crippen LogP contribution >= 0.6 is 11.3 Å². The molecule has 4 nitrogen and oxygen atoms in total. The van der Waals surface area contributed by atoms with Gasteiger partial charge in [-0.05, 0) is 50.7 Å². The van der Waals surface area contributed by atoms with Crippen LogP contribution in [0.5, 0.6) is 0 Å². The second-order valence-electron chi connectivity index (χ2n) is 6.84. The molecule has 4 N–H and O–H groups in total. The fourth-order valence-corrected chi connectivity index (χ4v) is 4.05. The molecule has 2 amide bonds. The predicted octanol–water partition coefficient (Wildman–Crippen LogP) is 4.48. The van der Waals surface area contributed by atoms with E-state index in [9.17, 15) is 9.59 Å². The Kier molecular flexibility index (Phi) is 12.0. The van der Waals surface area contributed by atoms with Crippen molar-refractivity contribution in [3.05, 3.63) is 21.9 Å².